The summed E-state index contributed by atoms with van der Waals surface area (Å²) in [5.74, 6) is -0.0391. The Balaban J connectivity index is 1.83. The first kappa shape index (κ1) is 33.1. The zero-order valence-electron chi connectivity index (χ0n) is 25.1. The molecule has 2 aromatic carbocycles. The second kappa shape index (κ2) is 14.3. The van der Waals surface area contributed by atoms with E-state index in [1.54, 1.807) is 57.2 Å². The van der Waals surface area contributed by atoms with Gasteiger partial charge in [-0.2, -0.15) is 0 Å². The van der Waals surface area contributed by atoms with E-state index in [2.05, 4.69) is 4.99 Å². The number of allylic oxidation sites excluding steroid dienone is 1. The summed E-state index contributed by atoms with van der Waals surface area (Å²) >= 11 is 14.0. The number of nitrogens with zero attached hydrogens (tertiary/aromatic N) is 2. The molecule has 2 heterocycles. The number of esters is 2. The van der Waals surface area contributed by atoms with Gasteiger partial charge in [0, 0.05) is 0 Å². The zero-order chi connectivity index (χ0) is 32.1. The Morgan fingerprint density at radius 1 is 1.07 bits per heavy atom. The molecule has 1 aliphatic heterocycles. The van der Waals surface area contributed by atoms with Crippen molar-refractivity contribution in [2.24, 2.45) is 4.99 Å². The van der Waals surface area contributed by atoms with E-state index in [1.807, 2.05) is 13.8 Å². The van der Waals surface area contributed by atoms with Crippen molar-refractivity contribution in [2.45, 2.75) is 46.8 Å². The molecular weight excluding hydrogens is 631 g/mol. The third kappa shape index (κ3) is 7.11. The van der Waals surface area contributed by atoms with Crippen LogP contribution in [-0.4, -0.2) is 49.5 Å². The summed E-state index contributed by atoms with van der Waals surface area (Å²) < 4.78 is 29.0. The largest absolute Gasteiger partial charge is 0.493 e. The Bertz CT molecular complexity index is 1770. The van der Waals surface area contributed by atoms with Crippen LogP contribution in [0.1, 0.15) is 51.8 Å². The number of hydrogen-bond acceptors (Lipinski definition) is 10. The monoisotopic (exact) mass is 662 g/mol. The number of benzene rings is 2. The van der Waals surface area contributed by atoms with E-state index in [1.165, 1.54) is 11.7 Å². The van der Waals surface area contributed by atoms with E-state index in [9.17, 15) is 14.4 Å². The van der Waals surface area contributed by atoms with Gasteiger partial charge in [-0.25, -0.2) is 14.6 Å². The van der Waals surface area contributed by atoms with E-state index in [4.69, 9.17) is 46.9 Å². The minimum atomic E-state index is -0.847. The van der Waals surface area contributed by atoms with Crippen LogP contribution in [0.2, 0.25) is 10.0 Å². The van der Waals surface area contributed by atoms with Crippen LogP contribution in [0.3, 0.4) is 0 Å². The van der Waals surface area contributed by atoms with E-state index >= 15 is 0 Å². The minimum absolute atomic E-state index is 0.0927. The number of carbonyl (C=O) groups excluding carboxylic acids is 2. The summed E-state index contributed by atoms with van der Waals surface area (Å²) in [6.45, 7) is 8.92. The number of fused-ring (bicyclic) bond motifs is 1. The van der Waals surface area contributed by atoms with Gasteiger partial charge in [0.2, 0.25) is 0 Å². The maximum Gasteiger partial charge on any atom is 0.344 e. The number of hydrogen-bond donors (Lipinski definition) is 0. The second-order valence-corrected chi connectivity index (χ2v) is 11.6. The molecule has 3 aromatic rings. The maximum absolute atomic E-state index is 14.0. The molecule has 234 valence electrons. The Labute approximate surface area is 268 Å². The van der Waals surface area contributed by atoms with Crippen LogP contribution in [0.15, 0.2) is 51.4 Å². The lowest BCUT2D eigenvalue weighted by molar-refractivity contribution is -0.145. The first-order chi connectivity index (χ1) is 21.0. The fourth-order valence-electron chi connectivity index (χ4n) is 4.60. The van der Waals surface area contributed by atoms with Crippen LogP contribution in [-0.2, 0) is 19.1 Å². The number of ether oxygens (including phenoxy) is 5. The van der Waals surface area contributed by atoms with Crippen molar-refractivity contribution in [3.05, 3.63) is 82.5 Å². The fraction of sp³-hybridized carbons (Fsp3) is 0.355. The number of methoxy groups -OCH3 is 1. The third-order valence-corrected chi connectivity index (χ3v) is 7.89. The van der Waals surface area contributed by atoms with Gasteiger partial charge in [0.15, 0.2) is 28.7 Å². The summed E-state index contributed by atoms with van der Waals surface area (Å²) in [6, 6.07) is 7.56. The SMILES string of the molecule is CCOC(=O)COc1c(Cl)cc(/C=c2\sc3n(c2=O)[C@@H](c2ccc(OC(C)C)c(OC)c2)C(C(=O)OCC)=C(C)N=3)cc1Cl. The molecule has 13 heteroatoms. The van der Waals surface area contributed by atoms with Crippen molar-refractivity contribution >= 4 is 52.6 Å². The molecule has 1 aromatic heterocycles. The molecular formula is C31H32Cl2N2O8S. The van der Waals surface area contributed by atoms with Crippen molar-refractivity contribution in [3.8, 4) is 17.2 Å². The summed E-state index contributed by atoms with van der Waals surface area (Å²) in [5, 5.41) is 0.296. The van der Waals surface area contributed by atoms with E-state index < -0.39 is 18.0 Å². The lowest BCUT2D eigenvalue weighted by Crippen LogP contribution is -2.40. The van der Waals surface area contributed by atoms with Crippen molar-refractivity contribution in [1.29, 1.82) is 0 Å². The first-order valence-corrected chi connectivity index (χ1v) is 15.4. The Hall–Kier alpha value is -3.80. The van der Waals surface area contributed by atoms with Gasteiger partial charge >= 0.3 is 11.9 Å². The highest BCUT2D eigenvalue weighted by Gasteiger charge is 2.34. The predicted octanol–water partition coefficient (Wildman–Crippen LogP) is 4.84. The maximum atomic E-state index is 14.0. The first-order valence-electron chi connectivity index (χ1n) is 13.8. The van der Waals surface area contributed by atoms with E-state index in [-0.39, 0.29) is 52.9 Å². The molecule has 0 radical (unpaired) electrons. The van der Waals surface area contributed by atoms with Gasteiger partial charge in [0.25, 0.3) is 5.56 Å². The van der Waals surface area contributed by atoms with E-state index in [0.29, 0.717) is 37.7 Å². The molecule has 1 atom stereocenters. The average Bonchev–Trinajstić information content (AvgIpc) is 3.25. The highest BCUT2D eigenvalue weighted by molar-refractivity contribution is 7.07. The Morgan fingerprint density at radius 3 is 2.36 bits per heavy atom. The molecule has 10 nitrogen and oxygen atoms in total. The standard InChI is InChI=1S/C31H32Cl2N2O8S/c1-7-40-25(36)15-42-28-20(32)11-18(12-21(28)33)13-24-29(37)35-27(19-9-10-22(43-16(3)4)23(14-19)39-6)26(30(38)41-8-2)17(5)34-31(35)44-24/h9-14,16,27H,7-8,15H2,1-6H3/b24-13-/t27-/m0/s1. The van der Waals surface area contributed by atoms with Gasteiger partial charge in [-0.05, 0) is 76.1 Å². The summed E-state index contributed by atoms with van der Waals surface area (Å²) in [4.78, 5) is 43.9. The quantitative estimate of drug-likeness (QED) is 0.268. The zero-order valence-corrected chi connectivity index (χ0v) is 27.4. The molecule has 0 N–H and O–H groups in total. The van der Waals surface area contributed by atoms with Crippen molar-refractivity contribution < 1.29 is 33.3 Å². The van der Waals surface area contributed by atoms with Crippen LogP contribution in [0.4, 0.5) is 0 Å². The molecule has 0 saturated heterocycles. The topological polar surface area (TPSA) is 115 Å². The number of rotatable bonds is 11. The van der Waals surface area contributed by atoms with Crippen LogP contribution < -0.4 is 29.1 Å². The molecule has 0 aliphatic carbocycles. The molecule has 0 spiro atoms. The minimum Gasteiger partial charge on any atom is -0.493 e. The summed E-state index contributed by atoms with van der Waals surface area (Å²) in [6.07, 6.45) is 1.53. The Morgan fingerprint density at radius 2 is 1.75 bits per heavy atom. The second-order valence-electron chi connectivity index (χ2n) is 9.79. The molecule has 0 unspecified atom stereocenters. The molecule has 4 rings (SSSR count). The highest BCUT2D eigenvalue weighted by atomic mass is 35.5. The van der Waals surface area contributed by atoms with Crippen molar-refractivity contribution in [3.63, 3.8) is 0 Å². The summed E-state index contributed by atoms with van der Waals surface area (Å²) in [7, 11) is 1.52. The van der Waals surface area contributed by atoms with E-state index in [0.717, 1.165) is 11.3 Å². The summed E-state index contributed by atoms with van der Waals surface area (Å²) in [5.41, 5.74) is 1.40. The predicted molar refractivity (Wildman–Crippen MR) is 168 cm³/mol. The van der Waals surface area contributed by atoms with Crippen LogP contribution >= 0.6 is 34.5 Å². The molecule has 0 fully saturated rings. The Kier molecular flexibility index (Phi) is 10.8. The van der Waals surface area contributed by atoms with Gasteiger partial charge in [-0.3, -0.25) is 9.36 Å². The van der Waals surface area contributed by atoms with Crippen LogP contribution in [0.5, 0.6) is 17.2 Å². The van der Waals surface area contributed by atoms with Gasteiger partial charge in [0.1, 0.15) is 0 Å². The number of thiazole rings is 1. The average molecular weight is 664 g/mol. The van der Waals surface area contributed by atoms with Crippen molar-refractivity contribution in [1.82, 2.24) is 4.57 Å². The smallest absolute Gasteiger partial charge is 0.344 e. The third-order valence-electron chi connectivity index (χ3n) is 6.34. The molecule has 0 bridgehead atoms. The fourth-order valence-corrected chi connectivity index (χ4v) is 6.26. The van der Waals surface area contributed by atoms with Crippen LogP contribution in [0.25, 0.3) is 6.08 Å². The highest BCUT2D eigenvalue weighted by Crippen LogP contribution is 2.37. The van der Waals surface area contributed by atoms with Crippen LogP contribution in [0, 0.1) is 0 Å². The molecule has 0 amide bonds. The lowest BCUT2D eigenvalue weighted by Gasteiger charge is -2.25. The molecule has 44 heavy (non-hydrogen) atoms. The molecule has 1 aliphatic rings. The van der Waals surface area contributed by atoms with Gasteiger partial charge in [0.05, 0.1) is 58.3 Å². The van der Waals surface area contributed by atoms with Gasteiger partial charge in [-0.1, -0.05) is 40.6 Å². The molecule has 0 saturated carbocycles. The number of halogens is 2. The number of carbonyl (C=O) groups is 2. The van der Waals surface area contributed by atoms with Crippen molar-refractivity contribution in [2.75, 3.05) is 26.9 Å². The van der Waals surface area contributed by atoms with Gasteiger partial charge < -0.3 is 23.7 Å². The number of aromatic nitrogens is 1. The lowest BCUT2D eigenvalue weighted by atomic mass is 9.95. The normalized spacial score (nSPS) is 14.7. The van der Waals surface area contributed by atoms with Gasteiger partial charge in [-0.15, -0.1) is 0 Å².